The molecule has 23 heavy (non-hydrogen) atoms. The van der Waals surface area contributed by atoms with Crippen molar-refractivity contribution < 1.29 is 34.5 Å². The first-order chi connectivity index (χ1) is 10.6. The molecule has 9 heteroatoms. The molecule has 0 saturated carbocycles. The van der Waals surface area contributed by atoms with E-state index in [2.05, 4.69) is 0 Å². The van der Waals surface area contributed by atoms with Crippen molar-refractivity contribution in [2.75, 3.05) is 0 Å². The minimum atomic E-state index is -4.71. The number of carbonyl (C=O) groups excluding carboxylic acids is 1. The highest BCUT2D eigenvalue weighted by atomic mass is 31.2. The van der Waals surface area contributed by atoms with Gasteiger partial charge in [0.15, 0.2) is 11.6 Å². The van der Waals surface area contributed by atoms with Crippen molar-refractivity contribution in [3.63, 3.8) is 0 Å². The van der Waals surface area contributed by atoms with Crippen LogP contribution in [0.15, 0.2) is 47.7 Å². The molecule has 0 bridgehead atoms. The van der Waals surface area contributed by atoms with E-state index in [-0.39, 0.29) is 29.9 Å². The first kappa shape index (κ1) is 17.4. The monoisotopic (exact) mass is 341 g/mol. The number of hydrogen-bond acceptors (Lipinski definition) is 5. The van der Waals surface area contributed by atoms with Crippen molar-refractivity contribution in [2.45, 2.75) is 18.6 Å². The van der Waals surface area contributed by atoms with Crippen molar-refractivity contribution >= 4 is 13.5 Å². The summed E-state index contributed by atoms with van der Waals surface area (Å²) in [5.74, 6) is -2.98. The van der Waals surface area contributed by atoms with Gasteiger partial charge in [-0.05, 0) is 29.8 Å². The van der Waals surface area contributed by atoms with Crippen molar-refractivity contribution in [3.8, 4) is 5.75 Å². The number of allylic oxidation sites excluding steroid dienone is 2. The molecule has 0 aliphatic heterocycles. The molecule has 0 heterocycles. The van der Waals surface area contributed by atoms with Crippen LogP contribution in [0.4, 0.5) is 0 Å². The van der Waals surface area contributed by atoms with Crippen LogP contribution in [0.5, 0.6) is 5.75 Å². The van der Waals surface area contributed by atoms with E-state index in [1.807, 2.05) is 5.09 Å². The topological polar surface area (TPSA) is 147 Å². The molecule has 0 aromatic heterocycles. The van der Waals surface area contributed by atoms with Crippen LogP contribution in [0.2, 0.25) is 0 Å². The average Bonchev–Trinajstić information content (AvgIpc) is 2.35. The molecule has 0 fully saturated rings. The zero-order valence-electron chi connectivity index (χ0n) is 11.9. The molecular formula is C14H16NO7P. The molecule has 0 amide bonds. The smallest absolute Gasteiger partial charge is 0.427 e. The molecule has 8 nitrogen and oxygen atoms in total. The molecule has 0 atom stereocenters. The van der Waals surface area contributed by atoms with E-state index in [0.29, 0.717) is 5.56 Å². The van der Waals surface area contributed by atoms with Crippen molar-refractivity contribution in [3.05, 3.63) is 53.3 Å². The second kappa shape index (κ2) is 6.27. The maximum atomic E-state index is 11.4. The first-order valence-electron chi connectivity index (χ1n) is 6.58. The van der Waals surface area contributed by atoms with Gasteiger partial charge in [-0.2, -0.15) is 0 Å². The highest BCUT2D eigenvalue weighted by molar-refractivity contribution is 7.49. The SMILES string of the molecule is O=C1C=CC(C(O)(O)Cc2cccc(O)c2)=C(NP(=O)(O)O)C1. The lowest BCUT2D eigenvalue weighted by atomic mass is 9.91. The first-order valence-corrected chi connectivity index (χ1v) is 8.19. The third-order valence-electron chi connectivity index (χ3n) is 3.19. The van der Waals surface area contributed by atoms with Gasteiger partial charge in [0, 0.05) is 17.7 Å². The highest BCUT2D eigenvalue weighted by Crippen LogP contribution is 2.35. The van der Waals surface area contributed by atoms with E-state index >= 15 is 0 Å². The second-order valence-corrected chi connectivity index (χ2v) is 6.50. The third kappa shape index (κ3) is 4.75. The van der Waals surface area contributed by atoms with Gasteiger partial charge in [-0.3, -0.25) is 9.88 Å². The Bertz CT molecular complexity index is 732. The molecule has 1 aliphatic carbocycles. The second-order valence-electron chi connectivity index (χ2n) is 5.19. The van der Waals surface area contributed by atoms with Crippen molar-refractivity contribution in [1.29, 1.82) is 0 Å². The Hall–Kier alpha value is -1.96. The predicted octanol–water partition coefficient (Wildman–Crippen LogP) is 0.0810. The van der Waals surface area contributed by atoms with Crippen LogP contribution in [0.1, 0.15) is 12.0 Å². The van der Waals surface area contributed by atoms with Crippen LogP contribution >= 0.6 is 7.75 Å². The number of aromatic hydroxyl groups is 1. The standard InChI is InChI=1S/C14H16NO7P/c16-10-3-1-2-9(6-10)8-14(18,19)12-5-4-11(17)7-13(12)15-23(20,21)22/h1-6,16,18-19H,7-8H2,(H3,15,20,21,22). The van der Waals surface area contributed by atoms with E-state index in [1.54, 1.807) is 6.07 Å². The fourth-order valence-electron chi connectivity index (χ4n) is 2.30. The molecule has 0 spiro atoms. The zero-order valence-corrected chi connectivity index (χ0v) is 12.8. The highest BCUT2D eigenvalue weighted by Gasteiger charge is 2.34. The molecule has 2 rings (SSSR count). The normalized spacial score (nSPS) is 15.9. The van der Waals surface area contributed by atoms with Crippen LogP contribution in [0.3, 0.4) is 0 Å². The summed E-state index contributed by atoms with van der Waals surface area (Å²) >= 11 is 0. The summed E-state index contributed by atoms with van der Waals surface area (Å²) in [6.45, 7) is 0. The summed E-state index contributed by atoms with van der Waals surface area (Å²) in [4.78, 5) is 29.4. The molecule has 1 aliphatic rings. The van der Waals surface area contributed by atoms with Gasteiger partial charge in [0.1, 0.15) is 5.75 Å². The number of phenols is 1. The van der Waals surface area contributed by atoms with E-state index in [9.17, 15) is 24.7 Å². The van der Waals surface area contributed by atoms with Crippen LogP contribution < -0.4 is 5.09 Å². The lowest BCUT2D eigenvalue weighted by Crippen LogP contribution is -2.36. The summed E-state index contributed by atoms with van der Waals surface area (Å²) in [5.41, 5.74) is -0.0805. The van der Waals surface area contributed by atoms with Crippen LogP contribution in [0.25, 0.3) is 0 Å². The molecule has 1 aromatic rings. The van der Waals surface area contributed by atoms with E-state index in [0.717, 1.165) is 12.2 Å². The Balaban J connectivity index is 2.37. The number of benzene rings is 1. The summed E-state index contributed by atoms with van der Waals surface area (Å²) in [5, 5.41) is 31.9. The maximum Gasteiger partial charge on any atom is 0.427 e. The number of phenolic OH excluding ortho intramolecular Hbond substituents is 1. The van der Waals surface area contributed by atoms with Crippen molar-refractivity contribution in [1.82, 2.24) is 5.09 Å². The molecule has 0 radical (unpaired) electrons. The molecule has 0 unspecified atom stereocenters. The van der Waals surface area contributed by atoms with Crippen LogP contribution in [-0.2, 0) is 15.8 Å². The Morgan fingerprint density at radius 2 is 1.91 bits per heavy atom. The largest absolute Gasteiger partial charge is 0.508 e. The quantitative estimate of drug-likeness (QED) is 0.326. The van der Waals surface area contributed by atoms with Gasteiger partial charge < -0.3 is 25.1 Å². The van der Waals surface area contributed by atoms with Crippen molar-refractivity contribution in [2.24, 2.45) is 0 Å². The Labute approximate surface area is 131 Å². The lowest BCUT2D eigenvalue weighted by Gasteiger charge is -2.28. The summed E-state index contributed by atoms with van der Waals surface area (Å²) in [6, 6.07) is 5.81. The Morgan fingerprint density at radius 3 is 2.52 bits per heavy atom. The number of nitrogens with one attached hydrogen (secondary N) is 1. The summed E-state index contributed by atoms with van der Waals surface area (Å²) < 4.78 is 11.1. The fourth-order valence-corrected chi connectivity index (χ4v) is 2.85. The van der Waals surface area contributed by atoms with Crippen LogP contribution in [-0.4, -0.2) is 36.7 Å². The Kier molecular flexibility index (Phi) is 4.74. The molecular weight excluding hydrogens is 325 g/mol. The minimum Gasteiger partial charge on any atom is -0.508 e. The van der Waals surface area contributed by atoms with Gasteiger partial charge in [-0.1, -0.05) is 12.1 Å². The number of carbonyl (C=O) groups is 1. The number of hydrogen-bond donors (Lipinski definition) is 6. The maximum absolute atomic E-state index is 11.4. The van der Waals surface area contributed by atoms with Gasteiger partial charge in [-0.25, -0.2) is 4.57 Å². The van der Waals surface area contributed by atoms with Gasteiger partial charge in [0.05, 0.1) is 6.42 Å². The molecule has 1 aromatic carbocycles. The molecule has 6 N–H and O–H groups in total. The van der Waals surface area contributed by atoms with E-state index in [4.69, 9.17) is 9.79 Å². The zero-order chi connectivity index (χ0) is 17.3. The van der Waals surface area contributed by atoms with E-state index < -0.39 is 19.3 Å². The van der Waals surface area contributed by atoms with Gasteiger partial charge >= 0.3 is 7.75 Å². The summed E-state index contributed by atoms with van der Waals surface area (Å²) in [7, 11) is -4.71. The third-order valence-corrected chi connectivity index (χ3v) is 3.75. The predicted molar refractivity (Wildman–Crippen MR) is 79.9 cm³/mol. The van der Waals surface area contributed by atoms with Gasteiger partial charge in [0.2, 0.25) is 0 Å². The van der Waals surface area contributed by atoms with Gasteiger partial charge in [-0.15, -0.1) is 0 Å². The molecule has 0 saturated heterocycles. The van der Waals surface area contributed by atoms with Crippen LogP contribution in [0, 0.1) is 0 Å². The lowest BCUT2D eigenvalue weighted by molar-refractivity contribution is -0.125. The number of rotatable bonds is 5. The fraction of sp³-hybridized carbons (Fsp3) is 0.214. The number of ketones is 1. The van der Waals surface area contributed by atoms with Gasteiger partial charge in [0.25, 0.3) is 0 Å². The molecule has 124 valence electrons. The minimum absolute atomic E-state index is 0.0600. The van der Waals surface area contributed by atoms with E-state index in [1.165, 1.54) is 18.2 Å². The summed E-state index contributed by atoms with van der Waals surface area (Å²) in [6.07, 6.45) is 1.47. The Morgan fingerprint density at radius 1 is 1.22 bits per heavy atom. The average molecular weight is 341 g/mol. The number of aliphatic hydroxyl groups is 2.